The second kappa shape index (κ2) is 6.12. The average molecular weight is 242 g/mol. The van der Waals surface area contributed by atoms with Crippen LogP contribution in [0.2, 0.25) is 5.02 Å². The molecule has 5 heteroatoms. The Labute approximate surface area is 98.5 Å². The lowest BCUT2D eigenvalue weighted by molar-refractivity contribution is -0.124. The van der Waals surface area contributed by atoms with Crippen molar-refractivity contribution in [3.63, 3.8) is 0 Å². The molecule has 0 aliphatic heterocycles. The fourth-order valence-corrected chi connectivity index (χ4v) is 1.17. The number of amides is 1. The van der Waals surface area contributed by atoms with E-state index in [1.165, 1.54) is 0 Å². The van der Waals surface area contributed by atoms with Crippen molar-refractivity contribution >= 4 is 23.5 Å². The molecule has 0 radical (unpaired) electrons. The fourth-order valence-electron chi connectivity index (χ4n) is 1.05. The number of nitrogens with one attached hydrogen (secondary N) is 1. The maximum absolute atomic E-state index is 11.4. The number of carbonyl (C=O) groups excluding carboxylic acids is 2. The maximum Gasteiger partial charge on any atom is 0.338 e. The van der Waals surface area contributed by atoms with Crippen molar-refractivity contribution < 1.29 is 14.3 Å². The molecule has 0 bridgehead atoms. The second-order valence-corrected chi connectivity index (χ2v) is 3.47. The summed E-state index contributed by atoms with van der Waals surface area (Å²) in [6.07, 6.45) is 0. The van der Waals surface area contributed by atoms with E-state index >= 15 is 0 Å². The highest BCUT2D eigenvalue weighted by molar-refractivity contribution is 6.30. The molecule has 1 aromatic carbocycles. The van der Waals surface area contributed by atoms with Crippen molar-refractivity contribution in [2.45, 2.75) is 6.92 Å². The SMILES string of the molecule is CCNC(=O)COC(=O)c1ccc(Cl)cc1. The summed E-state index contributed by atoms with van der Waals surface area (Å²) < 4.78 is 4.79. The topological polar surface area (TPSA) is 55.4 Å². The van der Waals surface area contributed by atoms with Crippen molar-refractivity contribution in [2.75, 3.05) is 13.2 Å². The molecule has 1 N–H and O–H groups in total. The Morgan fingerprint density at radius 2 is 1.94 bits per heavy atom. The van der Waals surface area contributed by atoms with Gasteiger partial charge in [0, 0.05) is 11.6 Å². The van der Waals surface area contributed by atoms with Crippen LogP contribution in [0.1, 0.15) is 17.3 Å². The van der Waals surface area contributed by atoms with Gasteiger partial charge in [-0.3, -0.25) is 4.79 Å². The Kier molecular flexibility index (Phi) is 4.79. The zero-order valence-electron chi connectivity index (χ0n) is 8.83. The summed E-state index contributed by atoms with van der Waals surface area (Å²) in [6, 6.07) is 6.26. The van der Waals surface area contributed by atoms with Crippen molar-refractivity contribution in [1.29, 1.82) is 0 Å². The molecular formula is C11H12ClNO3. The smallest absolute Gasteiger partial charge is 0.338 e. The first kappa shape index (κ1) is 12.5. The highest BCUT2D eigenvalue weighted by Crippen LogP contribution is 2.10. The summed E-state index contributed by atoms with van der Waals surface area (Å²) in [5.74, 6) is -0.854. The van der Waals surface area contributed by atoms with Crippen LogP contribution < -0.4 is 5.32 Å². The van der Waals surface area contributed by atoms with E-state index < -0.39 is 5.97 Å². The van der Waals surface area contributed by atoms with E-state index in [0.29, 0.717) is 17.1 Å². The highest BCUT2D eigenvalue weighted by atomic mass is 35.5. The number of esters is 1. The number of likely N-dealkylation sites (N-methyl/N-ethyl adjacent to an activating group) is 1. The predicted octanol–water partition coefficient (Wildman–Crippen LogP) is 1.63. The first-order chi connectivity index (χ1) is 7.63. The van der Waals surface area contributed by atoms with Gasteiger partial charge in [-0.1, -0.05) is 11.6 Å². The molecule has 16 heavy (non-hydrogen) atoms. The molecule has 0 aromatic heterocycles. The van der Waals surface area contributed by atoms with E-state index in [0.717, 1.165) is 0 Å². The van der Waals surface area contributed by atoms with E-state index in [1.807, 2.05) is 0 Å². The van der Waals surface area contributed by atoms with Crippen LogP contribution in [0.4, 0.5) is 0 Å². The molecule has 0 atom stereocenters. The Balaban J connectivity index is 2.47. The molecule has 0 saturated heterocycles. The minimum Gasteiger partial charge on any atom is -0.452 e. The third-order valence-corrected chi connectivity index (χ3v) is 2.04. The molecular weight excluding hydrogens is 230 g/mol. The number of rotatable bonds is 4. The van der Waals surface area contributed by atoms with Crippen LogP contribution in [0.25, 0.3) is 0 Å². The van der Waals surface area contributed by atoms with Gasteiger partial charge in [-0.25, -0.2) is 4.79 Å². The van der Waals surface area contributed by atoms with Gasteiger partial charge in [0.2, 0.25) is 0 Å². The lowest BCUT2D eigenvalue weighted by Gasteiger charge is -2.04. The number of hydrogen-bond donors (Lipinski definition) is 1. The zero-order chi connectivity index (χ0) is 12.0. The van der Waals surface area contributed by atoms with E-state index in [2.05, 4.69) is 5.32 Å². The Morgan fingerprint density at radius 3 is 2.50 bits per heavy atom. The molecule has 0 aliphatic rings. The molecule has 1 amide bonds. The lowest BCUT2D eigenvalue weighted by atomic mass is 10.2. The molecule has 0 heterocycles. The van der Waals surface area contributed by atoms with E-state index in [-0.39, 0.29) is 12.5 Å². The van der Waals surface area contributed by atoms with Crippen LogP contribution in [0.3, 0.4) is 0 Å². The van der Waals surface area contributed by atoms with Crippen molar-refractivity contribution in [1.82, 2.24) is 5.32 Å². The molecule has 0 unspecified atom stereocenters. The van der Waals surface area contributed by atoms with Gasteiger partial charge in [0.25, 0.3) is 5.91 Å². The molecule has 1 aromatic rings. The van der Waals surface area contributed by atoms with Gasteiger partial charge in [-0.15, -0.1) is 0 Å². The van der Waals surface area contributed by atoms with Gasteiger partial charge in [0.1, 0.15) is 0 Å². The van der Waals surface area contributed by atoms with Crippen LogP contribution in [-0.2, 0) is 9.53 Å². The first-order valence-electron chi connectivity index (χ1n) is 4.83. The highest BCUT2D eigenvalue weighted by Gasteiger charge is 2.08. The van der Waals surface area contributed by atoms with Crippen LogP contribution >= 0.6 is 11.6 Å². The average Bonchev–Trinajstić information content (AvgIpc) is 2.27. The normalized spacial score (nSPS) is 9.62. The standard InChI is InChI=1S/C11H12ClNO3/c1-2-13-10(14)7-16-11(15)8-3-5-9(12)6-4-8/h3-6H,2,7H2,1H3,(H,13,14). The maximum atomic E-state index is 11.4. The van der Waals surface area contributed by atoms with Gasteiger partial charge in [-0.05, 0) is 31.2 Å². The lowest BCUT2D eigenvalue weighted by Crippen LogP contribution is -2.28. The second-order valence-electron chi connectivity index (χ2n) is 3.04. The zero-order valence-corrected chi connectivity index (χ0v) is 9.58. The summed E-state index contributed by atoms with van der Waals surface area (Å²) in [6.45, 7) is 2.03. The Bertz CT molecular complexity index is 375. The quantitative estimate of drug-likeness (QED) is 0.816. The summed E-state index contributed by atoms with van der Waals surface area (Å²) in [5.41, 5.74) is 0.369. The largest absolute Gasteiger partial charge is 0.452 e. The first-order valence-corrected chi connectivity index (χ1v) is 5.20. The monoisotopic (exact) mass is 241 g/mol. The van der Waals surface area contributed by atoms with Crippen molar-refractivity contribution in [3.8, 4) is 0 Å². The predicted molar refractivity (Wildman–Crippen MR) is 60.4 cm³/mol. The summed E-state index contributed by atoms with van der Waals surface area (Å²) in [7, 11) is 0. The Hall–Kier alpha value is -1.55. The third-order valence-electron chi connectivity index (χ3n) is 1.79. The number of halogens is 1. The van der Waals surface area contributed by atoms with Gasteiger partial charge in [0.05, 0.1) is 5.56 Å². The number of carbonyl (C=O) groups is 2. The molecule has 86 valence electrons. The van der Waals surface area contributed by atoms with Crippen LogP contribution in [0, 0.1) is 0 Å². The molecule has 0 aliphatic carbocycles. The number of ether oxygens (including phenoxy) is 1. The van der Waals surface area contributed by atoms with Crippen LogP contribution in [0.15, 0.2) is 24.3 Å². The van der Waals surface area contributed by atoms with Crippen molar-refractivity contribution in [3.05, 3.63) is 34.9 Å². The van der Waals surface area contributed by atoms with Gasteiger partial charge >= 0.3 is 5.97 Å². The molecule has 0 saturated carbocycles. The Morgan fingerprint density at radius 1 is 1.31 bits per heavy atom. The fraction of sp³-hybridized carbons (Fsp3) is 0.273. The number of hydrogen-bond acceptors (Lipinski definition) is 3. The van der Waals surface area contributed by atoms with E-state index in [4.69, 9.17) is 16.3 Å². The minimum absolute atomic E-state index is 0.269. The minimum atomic E-state index is -0.539. The molecule has 0 spiro atoms. The third kappa shape index (κ3) is 3.90. The summed E-state index contributed by atoms with van der Waals surface area (Å²) in [4.78, 5) is 22.4. The van der Waals surface area contributed by atoms with Gasteiger partial charge in [-0.2, -0.15) is 0 Å². The van der Waals surface area contributed by atoms with E-state index in [1.54, 1.807) is 31.2 Å². The molecule has 0 fully saturated rings. The molecule has 4 nitrogen and oxygen atoms in total. The van der Waals surface area contributed by atoms with Crippen LogP contribution in [-0.4, -0.2) is 25.0 Å². The van der Waals surface area contributed by atoms with E-state index in [9.17, 15) is 9.59 Å². The van der Waals surface area contributed by atoms with Crippen molar-refractivity contribution in [2.24, 2.45) is 0 Å². The van der Waals surface area contributed by atoms with Gasteiger partial charge in [0.15, 0.2) is 6.61 Å². The van der Waals surface area contributed by atoms with Crippen LogP contribution in [0.5, 0.6) is 0 Å². The number of benzene rings is 1. The van der Waals surface area contributed by atoms with Gasteiger partial charge < -0.3 is 10.1 Å². The summed E-state index contributed by atoms with van der Waals surface area (Å²) in [5, 5.41) is 3.07. The summed E-state index contributed by atoms with van der Waals surface area (Å²) >= 11 is 5.67. The molecule has 1 rings (SSSR count).